The molecule has 2 fully saturated rings. The molecule has 0 unspecified atom stereocenters. The van der Waals surface area contributed by atoms with Gasteiger partial charge in [0.15, 0.2) is 0 Å². The van der Waals surface area contributed by atoms with Crippen LogP contribution in [0.25, 0.3) is 0 Å². The molecule has 0 bridgehead atoms. The Kier molecular flexibility index (Phi) is 5.46. The molecular weight excluding hydrogens is 274 g/mol. The van der Waals surface area contributed by atoms with Crippen LogP contribution in [0.15, 0.2) is 24.3 Å². The Morgan fingerprint density at radius 2 is 2.00 bits per heavy atom. The fraction of sp³-hybridized carbons (Fsp3) is 0.611. The smallest absolute Gasteiger partial charge is 0.238 e. The van der Waals surface area contributed by atoms with Crippen molar-refractivity contribution < 1.29 is 4.79 Å². The number of carbonyl (C=O) groups excluding carboxylic acids is 1. The van der Waals surface area contributed by atoms with E-state index in [0.717, 1.165) is 24.7 Å². The lowest BCUT2D eigenvalue weighted by molar-refractivity contribution is -0.115. The van der Waals surface area contributed by atoms with Gasteiger partial charge in [0.05, 0.1) is 6.54 Å². The van der Waals surface area contributed by atoms with E-state index in [1.807, 2.05) is 12.1 Å². The van der Waals surface area contributed by atoms with E-state index < -0.39 is 0 Å². The Labute approximate surface area is 133 Å². The molecule has 4 nitrogen and oxygen atoms in total. The largest absolute Gasteiger partial charge is 0.325 e. The first-order valence-electron chi connectivity index (χ1n) is 8.61. The van der Waals surface area contributed by atoms with Crippen LogP contribution in [-0.4, -0.2) is 37.0 Å². The Balaban J connectivity index is 1.45. The van der Waals surface area contributed by atoms with Crippen LogP contribution in [0.3, 0.4) is 0 Å². The van der Waals surface area contributed by atoms with E-state index >= 15 is 0 Å². The molecule has 0 atom stereocenters. The van der Waals surface area contributed by atoms with Crippen LogP contribution in [0.1, 0.15) is 37.7 Å². The van der Waals surface area contributed by atoms with Crippen LogP contribution in [-0.2, 0) is 11.3 Å². The maximum Gasteiger partial charge on any atom is 0.238 e. The molecule has 1 saturated carbocycles. The molecule has 0 aromatic heterocycles. The zero-order valence-corrected chi connectivity index (χ0v) is 13.3. The van der Waals surface area contributed by atoms with Gasteiger partial charge in [0.2, 0.25) is 5.91 Å². The van der Waals surface area contributed by atoms with Crippen molar-refractivity contribution in [3.05, 3.63) is 29.8 Å². The minimum atomic E-state index is 0.0516. The van der Waals surface area contributed by atoms with Crippen molar-refractivity contribution in [2.75, 3.05) is 31.5 Å². The number of carbonyl (C=O) groups is 1. The van der Waals surface area contributed by atoms with Crippen molar-refractivity contribution in [1.82, 2.24) is 10.2 Å². The van der Waals surface area contributed by atoms with Gasteiger partial charge in [0.25, 0.3) is 0 Å². The number of hydrogen-bond acceptors (Lipinski definition) is 3. The third-order valence-corrected chi connectivity index (χ3v) is 4.48. The van der Waals surface area contributed by atoms with E-state index in [0.29, 0.717) is 6.54 Å². The molecule has 1 amide bonds. The highest BCUT2D eigenvalue weighted by Gasteiger charge is 2.20. The quantitative estimate of drug-likeness (QED) is 0.813. The van der Waals surface area contributed by atoms with Crippen molar-refractivity contribution in [3.8, 4) is 0 Å². The molecule has 0 radical (unpaired) electrons. The van der Waals surface area contributed by atoms with E-state index in [4.69, 9.17) is 0 Å². The van der Waals surface area contributed by atoms with Gasteiger partial charge in [0.1, 0.15) is 0 Å². The number of hydrogen-bond donors (Lipinski definition) is 2. The fourth-order valence-electron chi connectivity index (χ4n) is 3.04. The van der Waals surface area contributed by atoms with Crippen molar-refractivity contribution >= 4 is 11.6 Å². The molecule has 1 aliphatic carbocycles. The summed E-state index contributed by atoms with van der Waals surface area (Å²) in [5.41, 5.74) is 2.19. The zero-order chi connectivity index (χ0) is 15.2. The second-order valence-electron chi connectivity index (χ2n) is 6.66. The monoisotopic (exact) mass is 301 g/mol. The SMILES string of the molecule is O=C(CNCC1CC1)Nc1cccc(CN2CCCCC2)c1. The van der Waals surface area contributed by atoms with Gasteiger partial charge in [-0.25, -0.2) is 0 Å². The molecule has 3 rings (SSSR count). The number of rotatable bonds is 7. The summed E-state index contributed by atoms with van der Waals surface area (Å²) < 4.78 is 0. The standard InChI is InChI=1S/C18H27N3O/c22-18(13-19-12-15-7-8-15)20-17-6-4-5-16(11-17)14-21-9-2-1-3-10-21/h4-6,11,15,19H,1-3,7-10,12-14H2,(H,20,22). The summed E-state index contributed by atoms with van der Waals surface area (Å²) in [4.78, 5) is 14.4. The lowest BCUT2D eigenvalue weighted by atomic mass is 10.1. The van der Waals surface area contributed by atoms with Gasteiger partial charge in [-0.05, 0) is 68.9 Å². The summed E-state index contributed by atoms with van der Waals surface area (Å²) in [6.45, 7) is 4.77. The lowest BCUT2D eigenvalue weighted by Crippen LogP contribution is -2.30. The molecule has 4 heteroatoms. The normalized spacial score (nSPS) is 19.1. The van der Waals surface area contributed by atoms with Gasteiger partial charge in [-0.2, -0.15) is 0 Å². The Bertz CT molecular complexity index is 493. The average molecular weight is 301 g/mol. The molecule has 1 aliphatic heterocycles. The number of anilines is 1. The second kappa shape index (κ2) is 7.75. The predicted octanol–water partition coefficient (Wildman–Crippen LogP) is 2.61. The highest BCUT2D eigenvalue weighted by atomic mass is 16.1. The van der Waals surface area contributed by atoms with Crippen LogP contribution in [0.5, 0.6) is 0 Å². The van der Waals surface area contributed by atoms with Gasteiger partial charge in [-0.1, -0.05) is 18.6 Å². The van der Waals surface area contributed by atoms with Gasteiger partial charge < -0.3 is 10.6 Å². The highest BCUT2D eigenvalue weighted by molar-refractivity contribution is 5.92. The number of nitrogens with zero attached hydrogens (tertiary/aromatic N) is 1. The topological polar surface area (TPSA) is 44.4 Å². The van der Waals surface area contributed by atoms with Crippen LogP contribution >= 0.6 is 0 Å². The number of benzene rings is 1. The van der Waals surface area contributed by atoms with E-state index in [2.05, 4.69) is 27.7 Å². The summed E-state index contributed by atoms with van der Waals surface area (Å²) in [6, 6.07) is 8.26. The average Bonchev–Trinajstić information content (AvgIpc) is 3.33. The maximum atomic E-state index is 11.9. The first kappa shape index (κ1) is 15.5. The molecular formula is C18H27N3O. The molecule has 2 aliphatic rings. The van der Waals surface area contributed by atoms with E-state index in [1.54, 1.807) is 0 Å². The summed E-state index contributed by atoms with van der Waals surface area (Å²) in [5.74, 6) is 0.858. The van der Waals surface area contributed by atoms with Crippen molar-refractivity contribution in [2.24, 2.45) is 5.92 Å². The molecule has 120 valence electrons. The van der Waals surface area contributed by atoms with Gasteiger partial charge in [-0.15, -0.1) is 0 Å². The molecule has 1 heterocycles. The summed E-state index contributed by atoms with van der Waals surface area (Å²) in [7, 11) is 0. The van der Waals surface area contributed by atoms with Crippen LogP contribution < -0.4 is 10.6 Å². The second-order valence-corrected chi connectivity index (χ2v) is 6.66. The van der Waals surface area contributed by atoms with Crippen molar-refractivity contribution in [2.45, 2.75) is 38.6 Å². The first-order chi connectivity index (χ1) is 10.8. The Hall–Kier alpha value is -1.39. The predicted molar refractivity (Wildman–Crippen MR) is 89.8 cm³/mol. The Morgan fingerprint density at radius 1 is 1.18 bits per heavy atom. The third-order valence-electron chi connectivity index (χ3n) is 4.48. The molecule has 1 aromatic rings. The van der Waals surface area contributed by atoms with Crippen LogP contribution in [0.2, 0.25) is 0 Å². The van der Waals surface area contributed by atoms with Crippen LogP contribution in [0.4, 0.5) is 5.69 Å². The van der Waals surface area contributed by atoms with Gasteiger partial charge >= 0.3 is 0 Å². The van der Waals surface area contributed by atoms with Gasteiger partial charge in [-0.3, -0.25) is 9.69 Å². The first-order valence-corrected chi connectivity index (χ1v) is 8.61. The van der Waals surface area contributed by atoms with E-state index in [9.17, 15) is 4.79 Å². The number of piperidine rings is 1. The maximum absolute atomic E-state index is 11.9. The van der Waals surface area contributed by atoms with Crippen molar-refractivity contribution in [1.29, 1.82) is 0 Å². The number of amides is 1. The summed E-state index contributed by atoms with van der Waals surface area (Å²) >= 11 is 0. The van der Waals surface area contributed by atoms with E-state index in [1.165, 1.54) is 50.8 Å². The third kappa shape index (κ3) is 5.11. The minimum absolute atomic E-state index is 0.0516. The summed E-state index contributed by atoms with van der Waals surface area (Å²) in [6.07, 6.45) is 6.60. The highest BCUT2D eigenvalue weighted by Crippen LogP contribution is 2.27. The lowest BCUT2D eigenvalue weighted by Gasteiger charge is -2.26. The minimum Gasteiger partial charge on any atom is -0.325 e. The molecule has 22 heavy (non-hydrogen) atoms. The van der Waals surface area contributed by atoms with Gasteiger partial charge in [0, 0.05) is 12.2 Å². The molecule has 1 aromatic carbocycles. The van der Waals surface area contributed by atoms with Crippen LogP contribution in [0, 0.1) is 5.92 Å². The zero-order valence-electron chi connectivity index (χ0n) is 13.3. The Morgan fingerprint density at radius 3 is 2.77 bits per heavy atom. The van der Waals surface area contributed by atoms with Crippen molar-refractivity contribution in [3.63, 3.8) is 0 Å². The number of likely N-dealkylation sites (tertiary alicyclic amines) is 1. The number of nitrogens with one attached hydrogen (secondary N) is 2. The molecule has 0 spiro atoms. The molecule has 1 saturated heterocycles. The summed E-state index contributed by atoms with van der Waals surface area (Å²) in [5, 5.41) is 6.22. The van der Waals surface area contributed by atoms with E-state index in [-0.39, 0.29) is 5.91 Å². The molecule has 2 N–H and O–H groups in total. The fourth-order valence-corrected chi connectivity index (χ4v) is 3.04.